The Bertz CT molecular complexity index is 2470. The third-order valence-corrected chi connectivity index (χ3v) is 11.4. The lowest BCUT2D eigenvalue weighted by Gasteiger charge is -2.33. The van der Waals surface area contributed by atoms with Crippen LogP contribution in [0.5, 0.6) is 0 Å². The highest BCUT2D eigenvalue weighted by Crippen LogP contribution is 2.50. The highest BCUT2D eigenvalue weighted by atomic mass is 15.2. The molecule has 0 saturated heterocycles. The lowest BCUT2D eigenvalue weighted by atomic mass is 9.82. The zero-order chi connectivity index (χ0) is 40.1. The van der Waals surface area contributed by atoms with Crippen LogP contribution in [0.15, 0.2) is 133 Å². The molecule has 0 radical (unpaired) electrons. The molecule has 7 aromatic carbocycles. The van der Waals surface area contributed by atoms with Crippen LogP contribution in [0, 0.1) is 13.8 Å². The molecule has 0 atom stereocenters. The second-order valence-corrected chi connectivity index (χ2v) is 18.6. The second kappa shape index (κ2) is 15.0. The molecule has 286 valence electrons. The molecule has 0 spiro atoms. The van der Waals surface area contributed by atoms with Crippen LogP contribution in [-0.2, 0) is 10.8 Å². The van der Waals surface area contributed by atoms with Crippen LogP contribution in [0.2, 0.25) is 0 Å². The van der Waals surface area contributed by atoms with Gasteiger partial charge in [-0.05, 0) is 131 Å². The molecule has 0 saturated carbocycles. The Morgan fingerprint density at radius 2 is 0.821 bits per heavy atom. The highest BCUT2D eigenvalue weighted by molar-refractivity contribution is 6.18. The van der Waals surface area contributed by atoms with Gasteiger partial charge in [0.1, 0.15) is 0 Å². The Hall–Kier alpha value is -5.34. The average molecular weight is 737 g/mol. The van der Waals surface area contributed by atoms with Gasteiger partial charge < -0.3 is 9.80 Å². The van der Waals surface area contributed by atoms with Gasteiger partial charge in [-0.25, -0.2) is 0 Å². The van der Waals surface area contributed by atoms with Crippen LogP contribution in [0.1, 0.15) is 114 Å². The predicted molar refractivity (Wildman–Crippen MR) is 246 cm³/mol. The topological polar surface area (TPSA) is 6.48 Å². The first kappa shape index (κ1) is 38.9. The quantitative estimate of drug-likeness (QED) is 0.143. The minimum Gasteiger partial charge on any atom is -0.310 e. The van der Waals surface area contributed by atoms with Crippen LogP contribution in [0.4, 0.5) is 34.1 Å². The minimum absolute atomic E-state index is 0.00233. The van der Waals surface area contributed by atoms with E-state index < -0.39 is 0 Å². The molecule has 0 aliphatic carbocycles. The molecule has 56 heavy (non-hydrogen) atoms. The van der Waals surface area contributed by atoms with Crippen molar-refractivity contribution in [3.8, 4) is 0 Å². The van der Waals surface area contributed by atoms with Gasteiger partial charge in [-0.2, -0.15) is 0 Å². The van der Waals surface area contributed by atoms with E-state index in [0.717, 1.165) is 22.7 Å². The molecule has 0 aromatic heterocycles. The summed E-state index contributed by atoms with van der Waals surface area (Å²) in [7, 11) is 0. The van der Waals surface area contributed by atoms with Crippen LogP contribution in [0.25, 0.3) is 21.5 Å². The molecular formula is C54H60N2. The third kappa shape index (κ3) is 7.72. The third-order valence-electron chi connectivity index (χ3n) is 11.4. The Balaban J connectivity index is 1.66. The first-order chi connectivity index (χ1) is 26.5. The molecule has 0 aliphatic heterocycles. The van der Waals surface area contributed by atoms with E-state index >= 15 is 0 Å². The van der Waals surface area contributed by atoms with E-state index in [1.165, 1.54) is 66.3 Å². The summed E-state index contributed by atoms with van der Waals surface area (Å²) in [5, 5.41) is 4.92. The van der Waals surface area contributed by atoms with E-state index in [9.17, 15) is 0 Å². The van der Waals surface area contributed by atoms with Crippen molar-refractivity contribution in [2.45, 2.75) is 106 Å². The average Bonchev–Trinajstić information content (AvgIpc) is 3.15. The van der Waals surface area contributed by atoms with Crippen molar-refractivity contribution in [3.63, 3.8) is 0 Å². The Labute approximate surface area is 336 Å². The smallest absolute Gasteiger partial charge is 0.0619 e. The van der Waals surface area contributed by atoms with Crippen LogP contribution < -0.4 is 9.80 Å². The number of benzene rings is 7. The molecule has 0 N–H and O–H groups in total. The van der Waals surface area contributed by atoms with Crippen molar-refractivity contribution < 1.29 is 0 Å². The van der Waals surface area contributed by atoms with E-state index in [-0.39, 0.29) is 10.8 Å². The summed E-state index contributed by atoms with van der Waals surface area (Å²) in [5.74, 6) is 0.903. The second-order valence-electron chi connectivity index (χ2n) is 18.6. The van der Waals surface area contributed by atoms with Crippen molar-refractivity contribution >= 4 is 55.7 Å². The largest absolute Gasteiger partial charge is 0.310 e. The van der Waals surface area contributed by atoms with Gasteiger partial charge in [-0.15, -0.1) is 0 Å². The fraction of sp³-hybridized carbons (Fsp3) is 0.296. The molecule has 0 aliphatic rings. The molecule has 2 heteroatoms. The summed E-state index contributed by atoms with van der Waals surface area (Å²) in [6, 6.07) is 51.0. The molecular weight excluding hydrogens is 677 g/mol. The molecule has 0 unspecified atom stereocenters. The van der Waals surface area contributed by atoms with Gasteiger partial charge in [-0.3, -0.25) is 0 Å². The summed E-state index contributed by atoms with van der Waals surface area (Å²) in [6.07, 6.45) is 0. The highest BCUT2D eigenvalue weighted by Gasteiger charge is 2.27. The standard InChI is InChI=1S/C54H60N2/c1-35(2)39-17-26-45(27-18-39)55(44-22-13-37(5)14-23-44)51-34-43(54(10,11)12)33-50-49(51)32-41-31-42(53(7,8)9)21-30-48(41)52(50)56(46-24-15-38(6)16-25-46)47-28-19-40(20-29-47)36(3)4/h13-36H,1-12H3. The van der Waals surface area contributed by atoms with Gasteiger partial charge in [0.15, 0.2) is 0 Å². The SMILES string of the molecule is Cc1ccc(N(c2ccc(C(C)C)cc2)c2cc(C(C)(C)C)cc3c(N(c4ccc(C)cc4)c4ccc(C(C)C)cc4)c4ccc(C(C)(C)C)cc4cc23)cc1. The normalized spacial score (nSPS) is 12.2. The zero-order valence-corrected chi connectivity index (χ0v) is 35.8. The van der Waals surface area contributed by atoms with E-state index in [2.05, 4.69) is 226 Å². The van der Waals surface area contributed by atoms with Crippen molar-refractivity contribution in [2.24, 2.45) is 0 Å². The maximum Gasteiger partial charge on any atom is 0.0619 e. The van der Waals surface area contributed by atoms with E-state index in [1.807, 2.05) is 0 Å². The van der Waals surface area contributed by atoms with Crippen molar-refractivity contribution in [2.75, 3.05) is 9.80 Å². The lowest BCUT2D eigenvalue weighted by molar-refractivity contribution is 0.591. The Morgan fingerprint density at radius 1 is 0.393 bits per heavy atom. The van der Waals surface area contributed by atoms with Gasteiger partial charge >= 0.3 is 0 Å². The maximum absolute atomic E-state index is 2.51. The summed E-state index contributed by atoms with van der Waals surface area (Å²) < 4.78 is 0. The van der Waals surface area contributed by atoms with Gasteiger partial charge in [0.05, 0.1) is 11.4 Å². The molecule has 7 rings (SSSR count). The number of hydrogen-bond acceptors (Lipinski definition) is 2. The van der Waals surface area contributed by atoms with Gasteiger partial charge in [0.2, 0.25) is 0 Å². The number of rotatable bonds is 8. The van der Waals surface area contributed by atoms with Crippen molar-refractivity contribution in [1.82, 2.24) is 0 Å². The van der Waals surface area contributed by atoms with E-state index in [1.54, 1.807) is 0 Å². The molecule has 7 aromatic rings. The summed E-state index contributed by atoms with van der Waals surface area (Å²) >= 11 is 0. The van der Waals surface area contributed by atoms with Crippen LogP contribution in [-0.4, -0.2) is 0 Å². The number of hydrogen-bond donors (Lipinski definition) is 0. The van der Waals surface area contributed by atoms with Gasteiger partial charge in [0.25, 0.3) is 0 Å². The van der Waals surface area contributed by atoms with Crippen LogP contribution in [0.3, 0.4) is 0 Å². The van der Waals surface area contributed by atoms with E-state index in [4.69, 9.17) is 0 Å². The number of fused-ring (bicyclic) bond motifs is 2. The monoisotopic (exact) mass is 736 g/mol. The first-order valence-electron chi connectivity index (χ1n) is 20.5. The fourth-order valence-corrected chi connectivity index (χ4v) is 7.75. The molecule has 2 nitrogen and oxygen atoms in total. The summed E-state index contributed by atoms with van der Waals surface area (Å²) in [6.45, 7) is 27.3. The first-order valence-corrected chi connectivity index (χ1v) is 20.5. The Morgan fingerprint density at radius 3 is 1.25 bits per heavy atom. The molecule has 0 heterocycles. The number of anilines is 6. The van der Waals surface area contributed by atoms with Crippen molar-refractivity contribution in [3.05, 3.63) is 167 Å². The van der Waals surface area contributed by atoms with Crippen molar-refractivity contribution in [1.29, 1.82) is 0 Å². The van der Waals surface area contributed by atoms with Gasteiger partial charge in [-0.1, -0.05) is 147 Å². The minimum atomic E-state index is -0.112. The van der Waals surface area contributed by atoms with Crippen LogP contribution >= 0.6 is 0 Å². The predicted octanol–water partition coefficient (Wildman–Crippen LogP) is 16.4. The molecule has 0 amide bonds. The number of nitrogens with zero attached hydrogens (tertiary/aromatic N) is 2. The van der Waals surface area contributed by atoms with Gasteiger partial charge in [0, 0.05) is 38.9 Å². The summed E-state index contributed by atoms with van der Waals surface area (Å²) in [4.78, 5) is 4.99. The zero-order valence-electron chi connectivity index (χ0n) is 35.8. The molecule has 0 fully saturated rings. The molecule has 0 bridgehead atoms. The Kier molecular flexibility index (Phi) is 10.4. The maximum atomic E-state index is 2.51. The lowest BCUT2D eigenvalue weighted by Crippen LogP contribution is -2.17. The summed E-state index contributed by atoms with van der Waals surface area (Å²) in [5.41, 5.74) is 14.6. The number of aryl methyl sites for hydroxylation is 2. The fourth-order valence-electron chi connectivity index (χ4n) is 7.75. The van der Waals surface area contributed by atoms with E-state index in [0.29, 0.717) is 11.8 Å².